The number of oxazole rings is 1. The van der Waals surface area contributed by atoms with Crippen molar-refractivity contribution < 1.29 is 9.15 Å². The second-order valence-electron chi connectivity index (χ2n) is 5.68. The predicted molar refractivity (Wildman–Crippen MR) is 65.9 cm³/mol. The Labute approximate surface area is 103 Å². The Hall–Kier alpha value is -0.870. The maximum absolute atomic E-state index is 5.54. The molecule has 2 heterocycles. The van der Waals surface area contributed by atoms with Gasteiger partial charge in [0.1, 0.15) is 5.76 Å². The fourth-order valence-corrected chi connectivity index (χ4v) is 2.04. The third kappa shape index (κ3) is 3.54. The van der Waals surface area contributed by atoms with Crippen LogP contribution < -0.4 is 5.32 Å². The summed E-state index contributed by atoms with van der Waals surface area (Å²) in [6.07, 6.45) is 3.79. The summed E-state index contributed by atoms with van der Waals surface area (Å²) < 4.78 is 11.0. The molecule has 96 valence electrons. The third-order valence-electron chi connectivity index (χ3n) is 2.99. The van der Waals surface area contributed by atoms with E-state index in [4.69, 9.17) is 9.15 Å². The molecule has 17 heavy (non-hydrogen) atoms. The van der Waals surface area contributed by atoms with E-state index >= 15 is 0 Å². The second kappa shape index (κ2) is 5.19. The Morgan fingerprint density at radius 1 is 1.47 bits per heavy atom. The van der Waals surface area contributed by atoms with Crippen molar-refractivity contribution in [3.63, 3.8) is 0 Å². The van der Waals surface area contributed by atoms with Crippen LogP contribution in [0.1, 0.15) is 51.0 Å². The first kappa shape index (κ1) is 12.6. The van der Waals surface area contributed by atoms with Crippen LogP contribution in [0.4, 0.5) is 0 Å². The van der Waals surface area contributed by atoms with Gasteiger partial charge >= 0.3 is 0 Å². The van der Waals surface area contributed by atoms with Gasteiger partial charge in [0.2, 0.25) is 0 Å². The molecule has 0 spiro atoms. The molecule has 2 rings (SSSR count). The summed E-state index contributed by atoms with van der Waals surface area (Å²) in [5, 5.41) is 3.44. The van der Waals surface area contributed by atoms with Crippen molar-refractivity contribution in [3.05, 3.63) is 17.8 Å². The van der Waals surface area contributed by atoms with Crippen molar-refractivity contribution in [2.45, 2.75) is 51.6 Å². The Morgan fingerprint density at radius 3 is 2.94 bits per heavy atom. The molecule has 0 radical (unpaired) electrons. The Balaban J connectivity index is 2.00. The first-order valence-corrected chi connectivity index (χ1v) is 6.31. The second-order valence-corrected chi connectivity index (χ2v) is 5.68. The molecular formula is C13H22N2O2. The summed E-state index contributed by atoms with van der Waals surface area (Å²) >= 11 is 0. The maximum Gasteiger partial charge on any atom is 0.181 e. The molecule has 1 aliphatic heterocycles. The molecule has 0 bridgehead atoms. The van der Waals surface area contributed by atoms with Crippen LogP contribution in [0.5, 0.6) is 0 Å². The summed E-state index contributed by atoms with van der Waals surface area (Å²) in [5.74, 6) is 1.38. The van der Waals surface area contributed by atoms with Gasteiger partial charge in [-0.05, 0) is 33.6 Å². The molecule has 0 saturated carbocycles. The zero-order chi connectivity index (χ0) is 12.3. The molecule has 1 unspecified atom stereocenters. The van der Waals surface area contributed by atoms with Crippen LogP contribution >= 0.6 is 0 Å². The SMILES string of the molecule is CC(C)(C)NCc1ncoc1C1CCCOC1. The molecule has 1 aliphatic rings. The van der Waals surface area contributed by atoms with Gasteiger partial charge in [0.15, 0.2) is 6.39 Å². The zero-order valence-electron chi connectivity index (χ0n) is 11.0. The predicted octanol–water partition coefficient (Wildman–Crippen LogP) is 2.46. The van der Waals surface area contributed by atoms with Gasteiger partial charge in [0.25, 0.3) is 0 Å². The molecule has 0 aliphatic carbocycles. The van der Waals surface area contributed by atoms with Gasteiger partial charge in [0, 0.05) is 24.6 Å². The minimum Gasteiger partial charge on any atom is -0.448 e. The fourth-order valence-electron chi connectivity index (χ4n) is 2.04. The van der Waals surface area contributed by atoms with Crippen LogP contribution in [-0.2, 0) is 11.3 Å². The smallest absolute Gasteiger partial charge is 0.181 e. The lowest BCUT2D eigenvalue weighted by molar-refractivity contribution is 0.0737. The van der Waals surface area contributed by atoms with Gasteiger partial charge in [0.05, 0.1) is 12.3 Å². The van der Waals surface area contributed by atoms with Crippen LogP contribution in [0, 0.1) is 0 Å². The maximum atomic E-state index is 5.54. The van der Waals surface area contributed by atoms with E-state index < -0.39 is 0 Å². The molecule has 1 N–H and O–H groups in total. The monoisotopic (exact) mass is 238 g/mol. The molecule has 0 amide bonds. The molecule has 0 aromatic carbocycles. The molecular weight excluding hydrogens is 216 g/mol. The lowest BCUT2D eigenvalue weighted by Gasteiger charge is -2.23. The van der Waals surface area contributed by atoms with E-state index in [1.165, 1.54) is 0 Å². The van der Waals surface area contributed by atoms with E-state index in [-0.39, 0.29) is 5.54 Å². The van der Waals surface area contributed by atoms with E-state index in [9.17, 15) is 0 Å². The van der Waals surface area contributed by atoms with Gasteiger partial charge in [-0.15, -0.1) is 0 Å². The van der Waals surface area contributed by atoms with Crippen LogP contribution in [0.3, 0.4) is 0 Å². The summed E-state index contributed by atoms with van der Waals surface area (Å²) in [6.45, 7) is 8.84. The minimum absolute atomic E-state index is 0.0965. The number of rotatable bonds is 3. The van der Waals surface area contributed by atoms with Crippen LogP contribution in [0.25, 0.3) is 0 Å². The normalized spacial score (nSPS) is 21.7. The number of hydrogen-bond acceptors (Lipinski definition) is 4. The summed E-state index contributed by atoms with van der Waals surface area (Å²) in [7, 11) is 0. The largest absolute Gasteiger partial charge is 0.448 e. The van der Waals surface area contributed by atoms with Crippen molar-refractivity contribution in [1.29, 1.82) is 0 Å². The van der Waals surface area contributed by atoms with Crippen LogP contribution in [0.2, 0.25) is 0 Å². The van der Waals surface area contributed by atoms with Crippen molar-refractivity contribution in [2.75, 3.05) is 13.2 Å². The Kier molecular flexibility index (Phi) is 3.84. The lowest BCUT2D eigenvalue weighted by Crippen LogP contribution is -2.35. The highest BCUT2D eigenvalue weighted by molar-refractivity contribution is 5.13. The standard InChI is InChI=1S/C13H22N2O2/c1-13(2,3)15-7-11-12(17-9-14-11)10-5-4-6-16-8-10/h9-10,15H,4-8H2,1-3H3. The van der Waals surface area contributed by atoms with Crippen molar-refractivity contribution in [3.8, 4) is 0 Å². The summed E-state index contributed by atoms with van der Waals surface area (Å²) in [4.78, 5) is 4.31. The van der Waals surface area contributed by atoms with Gasteiger partial charge < -0.3 is 14.5 Å². The van der Waals surface area contributed by atoms with Crippen molar-refractivity contribution in [1.82, 2.24) is 10.3 Å². The molecule has 1 atom stereocenters. The molecule has 1 aromatic rings. The van der Waals surface area contributed by atoms with E-state index in [2.05, 4.69) is 31.1 Å². The summed E-state index contributed by atoms with van der Waals surface area (Å²) in [5.41, 5.74) is 1.12. The van der Waals surface area contributed by atoms with E-state index in [0.717, 1.165) is 44.1 Å². The summed E-state index contributed by atoms with van der Waals surface area (Å²) in [6, 6.07) is 0. The van der Waals surface area contributed by atoms with Gasteiger partial charge in [-0.3, -0.25) is 0 Å². The first-order chi connectivity index (χ1) is 8.06. The highest BCUT2D eigenvalue weighted by Gasteiger charge is 2.23. The number of hydrogen-bond donors (Lipinski definition) is 1. The highest BCUT2D eigenvalue weighted by atomic mass is 16.5. The molecule has 4 nitrogen and oxygen atoms in total. The number of ether oxygens (including phenoxy) is 1. The fraction of sp³-hybridized carbons (Fsp3) is 0.769. The van der Waals surface area contributed by atoms with E-state index in [1.54, 1.807) is 6.39 Å². The Morgan fingerprint density at radius 2 is 2.29 bits per heavy atom. The van der Waals surface area contributed by atoms with Crippen molar-refractivity contribution >= 4 is 0 Å². The Bertz CT molecular complexity index is 349. The minimum atomic E-state index is 0.0965. The third-order valence-corrected chi connectivity index (χ3v) is 2.99. The highest BCUT2D eigenvalue weighted by Crippen LogP contribution is 2.27. The van der Waals surface area contributed by atoms with Gasteiger partial charge in [-0.2, -0.15) is 0 Å². The van der Waals surface area contributed by atoms with Gasteiger partial charge in [-0.1, -0.05) is 0 Å². The lowest BCUT2D eigenvalue weighted by atomic mass is 9.98. The molecule has 1 saturated heterocycles. The topological polar surface area (TPSA) is 47.3 Å². The zero-order valence-corrected chi connectivity index (χ0v) is 11.0. The molecule has 1 aromatic heterocycles. The average Bonchev–Trinajstić information content (AvgIpc) is 2.75. The van der Waals surface area contributed by atoms with Crippen molar-refractivity contribution in [2.24, 2.45) is 0 Å². The van der Waals surface area contributed by atoms with Crippen LogP contribution in [0.15, 0.2) is 10.8 Å². The van der Waals surface area contributed by atoms with E-state index in [0.29, 0.717) is 5.92 Å². The first-order valence-electron chi connectivity index (χ1n) is 6.31. The average molecular weight is 238 g/mol. The van der Waals surface area contributed by atoms with Crippen LogP contribution in [-0.4, -0.2) is 23.7 Å². The quantitative estimate of drug-likeness (QED) is 0.878. The molecule has 4 heteroatoms. The van der Waals surface area contributed by atoms with E-state index in [1.807, 2.05) is 0 Å². The van der Waals surface area contributed by atoms with Gasteiger partial charge in [-0.25, -0.2) is 4.98 Å². The number of nitrogens with one attached hydrogen (secondary N) is 1. The number of nitrogens with zero attached hydrogens (tertiary/aromatic N) is 1. The molecule has 1 fully saturated rings. The number of aromatic nitrogens is 1.